The third-order valence-electron chi connectivity index (χ3n) is 3.30. The molecule has 0 unspecified atom stereocenters. The second-order valence-corrected chi connectivity index (χ2v) is 4.52. The van der Waals surface area contributed by atoms with Crippen molar-refractivity contribution >= 4 is 17.3 Å². The maximum Gasteiger partial charge on any atom is 0.246 e. The molecule has 1 amide bonds. The minimum Gasteiger partial charge on any atom is -0.374 e. The number of nitrogens with one attached hydrogen (secondary N) is 1. The van der Waals surface area contributed by atoms with Gasteiger partial charge in [0, 0.05) is 18.9 Å². The molecule has 0 radical (unpaired) electrons. The predicted octanol–water partition coefficient (Wildman–Crippen LogP) is 2.08. The van der Waals surface area contributed by atoms with Crippen molar-refractivity contribution in [2.75, 3.05) is 23.3 Å². The molecule has 2 heterocycles. The van der Waals surface area contributed by atoms with Crippen LogP contribution in [0.25, 0.3) is 0 Å². The Labute approximate surface area is 112 Å². The molecule has 3 rings (SSSR count). The topological polar surface area (TPSA) is 45.2 Å². The molecule has 0 spiro atoms. The molecule has 1 aliphatic rings. The van der Waals surface area contributed by atoms with E-state index in [0.29, 0.717) is 13.1 Å². The lowest BCUT2D eigenvalue weighted by Gasteiger charge is -2.30. The van der Waals surface area contributed by atoms with Gasteiger partial charge in [-0.15, -0.1) is 0 Å². The zero-order valence-corrected chi connectivity index (χ0v) is 10.5. The third kappa shape index (κ3) is 2.42. The Hall–Kier alpha value is -2.36. The lowest BCUT2D eigenvalue weighted by molar-refractivity contribution is -0.117. The van der Waals surface area contributed by atoms with Crippen LogP contribution < -0.4 is 10.2 Å². The molecule has 1 aromatic carbocycles. The van der Waals surface area contributed by atoms with Crippen LogP contribution in [0.5, 0.6) is 0 Å². The average molecular weight is 253 g/mol. The lowest BCUT2D eigenvalue weighted by Crippen LogP contribution is -2.41. The molecule has 0 saturated heterocycles. The Balaban J connectivity index is 1.79. The monoisotopic (exact) mass is 253 g/mol. The molecule has 0 atom stereocenters. The first-order valence-corrected chi connectivity index (χ1v) is 6.37. The van der Waals surface area contributed by atoms with Gasteiger partial charge in [0.05, 0.1) is 17.9 Å². The van der Waals surface area contributed by atoms with Crippen molar-refractivity contribution in [1.82, 2.24) is 4.98 Å². The summed E-state index contributed by atoms with van der Waals surface area (Å²) in [6.07, 6.45) is 4.40. The fraction of sp³-hybridized carbons (Fsp3) is 0.200. The summed E-state index contributed by atoms with van der Waals surface area (Å²) in [6, 6.07) is 11.9. The van der Waals surface area contributed by atoms with Crippen LogP contribution in [0, 0.1) is 0 Å². The highest BCUT2D eigenvalue weighted by Crippen LogP contribution is 2.28. The second kappa shape index (κ2) is 5.10. The molecular weight excluding hydrogens is 238 g/mol. The van der Waals surface area contributed by atoms with E-state index < -0.39 is 0 Å². The molecule has 1 N–H and O–H groups in total. The first kappa shape index (κ1) is 11.7. The molecule has 1 aromatic heterocycles. The van der Waals surface area contributed by atoms with Crippen LogP contribution in [0.3, 0.4) is 0 Å². The molecule has 4 nitrogen and oxygen atoms in total. The minimum absolute atomic E-state index is 0.118. The van der Waals surface area contributed by atoms with E-state index in [4.69, 9.17) is 0 Å². The van der Waals surface area contributed by atoms with E-state index in [1.54, 1.807) is 12.4 Å². The zero-order chi connectivity index (χ0) is 13.1. The van der Waals surface area contributed by atoms with Gasteiger partial charge in [0.15, 0.2) is 0 Å². The fourth-order valence-electron chi connectivity index (χ4n) is 2.29. The molecule has 0 aliphatic carbocycles. The second-order valence-electron chi connectivity index (χ2n) is 4.52. The van der Waals surface area contributed by atoms with Crippen LogP contribution in [0.2, 0.25) is 0 Å². The number of hydrogen-bond donors (Lipinski definition) is 1. The van der Waals surface area contributed by atoms with Crippen molar-refractivity contribution in [3.05, 3.63) is 54.4 Å². The number of hydrogen-bond acceptors (Lipinski definition) is 3. The first-order chi connectivity index (χ1) is 9.34. The van der Waals surface area contributed by atoms with E-state index in [9.17, 15) is 4.79 Å². The standard InChI is InChI=1S/C15H15N3O/c19-15-11-17-13-3-1-2-4-14(13)18(15)10-7-12-5-8-16-9-6-12/h1-6,8-9,17H,7,10-11H2. The van der Waals surface area contributed by atoms with Gasteiger partial charge in [0.25, 0.3) is 0 Å². The van der Waals surface area contributed by atoms with Gasteiger partial charge < -0.3 is 10.2 Å². The minimum atomic E-state index is 0.118. The van der Waals surface area contributed by atoms with Crippen molar-refractivity contribution in [3.8, 4) is 0 Å². The molecule has 0 saturated carbocycles. The van der Waals surface area contributed by atoms with Crippen molar-refractivity contribution < 1.29 is 4.79 Å². The normalized spacial score (nSPS) is 13.9. The first-order valence-electron chi connectivity index (χ1n) is 6.37. The highest BCUT2D eigenvalue weighted by atomic mass is 16.2. The van der Waals surface area contributed by atoms with Gasteiger partial charge >= 0.3 is 0 Å². The van der Waals surface area contributed by atoms with Crippen molar-refractivity contribution in [2.24, 2.45) is 0 Å². The summed E-state index contributed by atoms with van der Waals surface area (Å²) in [5.41, 5.74) is 3.18. The van der Waals surface area contributed by atoms with Crippen LogP contribution in [0.1, 0.15) is 5.56 Å². The van der Waals surface area contributed by atoms with Crippen LogP contribution in [0.4, 0.5) is 11.4 Å². The van der Waals surface area contributed by atoms with Gasteiger partial charge in [0.1, 0.15) is 0 Å². The van der Waals surface area contributed by atoms with Gasteiger partial charge in [-0.05, 0) is 36.2 Å². The largest absolute Gasteiger partial charge is 0.374 e. The summed E-state index contributed by atoms with van der Waals surface area (Å²) in [6.45, 7) is 1.06. The van der Waals surface area contributed by atoms with Crippen molar-refractivity contribution in [1.29, 1.82) is 0 Å². The van der Waals surface area contributed by atoms with Gasteiger partial charge in [-0.1, -0.05) is 12.1 Å². The number of carbonyl (C=O) groups excluding carboxylic acids is 1. The summed E-state index contributed by atoms with van der Waals surface area (Å²) in [7, 11) is 0. The number of benzene rings is 1. The number of fused-ring (bicyclic) bond motifs is 1. The van der Waals surface area contributed by atoms with E-state index in [2.05, 4.69) is 10.3 Å². The summed E-state index contributed by atoms with van der Waals surface area (Å²) in [5, 5.41) is 3.14. The lowest BCUT2D eigenvalue weighted by atomic mass is 10.1. The number of pyridine rings is 1. The Kier molecular flexibility index (Phi) is 3.14. The number of para-hydroxylation sites is 2. The molecule has 19 heavy (non-hydrogen) atoms. The number of carbonyl (C=O) groups is 1. The van der Waals surface area contributed by atoms with E-state index in [1.165, 1.54) is 5.56 Å². The maximum atomic E-state index is 12.0. The van der Waals surface area contributed by atoms with Crippen LogP contribution in [-0.4, -0.2) is 24.0 Å². The zero-order valence-electron chi connectivity index (χ0n) is 10.5. The Bertz CT molecular complexity index is 583. The SMILES string of the molecule is O=C1CNc2ccccc2N1CCc1ccncc1. The summed E-state index contributed by atoms with van der Waals surface area (Å²) in [5.74, 6) is 0.118. The Morgan fingerprint density at radius 3 is 2.79 bits per heavy atom. The number of anilines is 2. The number of rotatable bonds is 3. The summed E-state index contributed by atoms with van der Waals surface area (Å²) in [4.78, 5) is 17.9. The molecule has 96 valence electrons. The quantitative estimate of drug-likeness (QED) is 0.911. The molecule has 2 aromatic rings. The average Bonchev–Trinajstić information content (AvgIpc) is 2.47. The van der Waals surface area contributed by atoms with Gasteiger partial charge in [-0.3, -0.25) is 9.78 Å². The van der Waals surface area contributed by atoms with Gasteiger partial charge in [-0.2, -0.15) is 0 Å². The fourth-order valence-corrected chi connectivity index (χ4v) is 2.29. The van der Waals surface area contributed by atoms with E-state index in [-0.39, 0.29) is 5.91 Å². The third-order valence-corrected chi connectivity index (χ3v) is 3.30. The highest BCUT2D eigenvalue weighted by Gasteiger charge is 2.22. The highest BCUT2D eigenvalue weighted by molar-refractivity contribution is 6.02. The van der Waals surface area contributed by atoms with Gasteiger partial charge in [-0.25, -0.2) is 0 Å². The molecular formula is C15H15N3O. The smallest absolute Gasteiger partial charge is 0.246 e. The Morgan fingerprint density at radius 1 is 1.16 bits per heavy atom. The molecule has 1 aliphatic heterocycles. The van der Waals surface area contributed by atoms with E-state index in [0.717, 1.165) is 17.8 Å². The molecule has 0 bridgehead atoms. The van der Waals surface area contributed by atoms with Gasteiger partial charge in [0.2, 0.25) is 5.91 Å². The predicted molar refractivity (Wildman–Crippen MR) is 75.2 cm³/mol. The van der Waals surface area contributed by atoms with Crippen LogP contribution >= 0.6 is 0 Å². The maximum absolute atomic E-state index is 12.0. The van der Waals surface area contributed by atoms with E-state index in [1.807, 2.05) is 41.3 Å². The number of nitrogens with zero attached hydrogens (tertiary/aromatic N) is 2. The molecule has 4 heteroatoms. The van der Waals surface area contributed by atoms with Crippen LogP contribution in [-0.2, 0) is 11.2 Å². The van der Waals surface area contributed by atoms with Crippen molar-refractivity contribution in [3.63, 3.8) is 0 Å². The molecule has 0 fully saturated rings. The van der Waals surface area contributed by atoms with Crippen molar-refractivity contribution in [2.45, 2.75) is 6.42 Å². The number of amides is 1. The Morgan fingerprint density at radius 2 is 1.95 bits per heavy atom. The summed E-state index contributed by atoms with van der Waals surface area (Å²) >= 11 is 0. The van der Waals surface area contributed by atoms with Crippen LogP contribution in [0.15, 0.2) is 48.8 Å². The summed E-state index contributed by atoms with van der Waals surface area (Å²) < 4.78 is 0. The number of aromatic nitrogens is 1. The van der Waals surface area contributed by atoms with E-state index >= 15 is 0 Å².